The molecule has 8 nitrogen and oxygen atoms in total. The molecule has 32 heavy (non-hydrogen) atoms. The van der Waals surface area contributed by atoms with Crippen LogP contribution in [0.2, 0.25) is 0 Å². The van der Waals surface area contributed by atoms with Gasteiger partial charge in [0.15, 0.2) is 0 Å². The van der Waals surface area contributed by atoms with Crippen LogP contribution in [0.25, 0.3) is 5.57 Å². The molecule has 0 aliphatic carbocycles. The Kier molecular flexibility index (Phi) is 5.80. The van der Waals surface area contributed by atoms with E-state index in [4.69, 9.17) is 0 Å². The third kappa shape index (κ3) is 3.67. The molecule has 4 rings (SSSR count). The molecule has 0 radical (unpaired) electrons. The van der Waals surface area contributed by atoms with Crippen LogP contribution in [0.1, 0.15) is 23.6 Å². The first-order chi connectivity index (χ1) is 15.3. The third-order valence-corrected chi connectivity index (χ3v) is 6.38. The Bertz CT molecular complexity index is 1120. The van der Waals surface area contributed by atoms with Crippen LogP contribution in [0, 0.1) is 24.0 Å². The summed E-state index contributed by atoms with van der Waals surface area (Å²) in [5.74, 6) is -0.743. The van der Waals surface area contributed by atoms with Gasteiger partial charge in [-0.25, -0.2) is 4.90 Å². The SMILES string of the molecule is CCN1CCN(C2=C(c3ccc([N+](=O)[O-])cc3)C(=O)N(c3cccc(C)c3C)C2=O)CC1. The molecule has 2 aliphatic rings. The maximum atomic E-state index is 13.7. The van der Waals surface area contributed by atoms with E-state index in [1.165, 1.54) is 17.0 Å². The first kappa shape index (κ1) is 21.7. The van der Waals surface area contributed by atoms with Crippen molar-refractivity contribution in [2.45, 2.75) is 20.8 Å². The van der Waals surface area contributed by atoms with Gasteiger partial charge < -0.3 is 9.80 Å². The van der Waals surface area contributed by atoms with Gasteiger partial charge in [-0.05, 0) is 55.3 Å². The van der Waals surface area contributed by atoms with Crippen molar-refractivity contribution in [3.63, 3.8) is 0 Å². The molecule has 0 unspecified atom stereocenters. The number of nitro groups is 1. The highest BCUT2D eigenvalue weighted by Gasteiger charge is 2.43. The highest BCUT2D eigenvalue weighted by molar-refractivity contribution is 6.45. The van der Waals surface area contributed by atoms with Crippen molar-refractivity contribution in [3.05, 3.63) is 75.0 Å². The van der Waals surface area contributed by atoms with Crippen LogP contribution >= 0.6 is 0 Å². The summed E-state index contributed by atoms with van der Waals surface area (Å²) in [6, 6.07) is 11.4. The van der Waals surface area contributed by atoms with Crippen molar-refractivity contribution >= 4 is 28.8 Å². The Balaban J connectivity index is 1.81. The number of amides is 2. The normalized spacial score (nSPS) is 17.5. The van der Waals surface area contributed by atoms with E-state index in [-0.39, 0.29) is 11.6 Å². The number of aryl methyl sites for hydroxylation is 1. The lowest BCUT2D eigenvalue weighted by atomic mass is 10.0. The quantitative estimate of drug-likeness (QED) is 0.408. The van der Waals surface area contributed by atoms with Crippen LogP contribution in [0.5, 0.6) is 0 Å². The lowest BCUT2D eigenvalue weighted by molar-refractivity contribution is -0.384. The minimum Gasteiger partial charge on any atom is -0.364 e. The molecule has 0 atom stereocenters. The monoisotopic (exact) mass is 434 g/mol. The maximum absolute atomic E-state index is 13.7. The number of likely N-dealkylation sites (N-methyl/N-ethyl adjacent to an activating group) is 1. The number of piperazine rings is 1. The number of nitro benzene ring substituents is 1. The number of carbonyl (C=O) groups excluding carboxylic acids is 2. The van der Waals surface area contributed by atoms with Gasteiger partial charge in [0.1, 0.15) is 5.70 Å². The van der Waals surface area contributed by atoms with Crippen molar-refractivity contribution in [1.29, 1.82) is 0 Å². The molecule has 166 valence electrons. The summed E-state index contributed by atoms with van der Waals surface area (Å²) >= 11 is 0. The van der Waals surface area contributed by atoms with E-state index >= 15 is 0 Å². The highest BCUT2D eigenvalue weighted by atomic mass is 16.6. The Labute approximate surface area is 186 Å². The number of hydrogen-bond acceptors (Lipinski definition) is 6. The Morgan fingerprint density at radius 1 is 0.938 bits per heavy atom. The number of carbonyl (C=O) groups is 2. The van der Waals surface area contributed by atoms with Crippen molar-refractivity contribution in [1.82, 2.24) is 9.80 Å². The smallest absolute Gasteiger partial charge is 0.282 e. The third-order valence-electron chi connectivity index (χ3n) is 6.38. The summed E-state index contributed by atoms with van der Waals surface area (Å²) in [6.07, 6.45) is 0. The molecule has 2 heterocycles. The van der Waals surface area contributed by atoms with Gasteiger partial charge in [-0.15, -0.1) is 0 Å². The standard InChI is InChI=1S/C24H26N4O4/c1-4-25-12-14-26(15-13-25)22-21(18-8-10-19(11-9-18)28(31)32)23(29)27(24(22)30)20-7-5-6-16(2)17(20)3/h5-11H,4,12-15H2,1-3H3. The van der Waals surface area contributed by atoms with Crippen LogP contribution in [0.3, 0.4) is 0 Å². The van der Waals surface area contributed by atoms with Gasteiger partial charge in [0.25, 0.3) is 17.5 Å². The fourth-order valence-electron chi connectivity index (χ4n) is 4.31. The molecule has 0 N–H and O–H groups in total. The van der Waals surface area contributed by atoms with Crippen LogP contribution in [0.15, 0.2) is 48.2 Å². The molecule has 8 heteroatoms. The Morgan fingerprint density at radius 2 is 1.59 bits per heavy atom. The number of imide groups is 1. The van der Waals surface area contributed by atoms with Gasteiger partial charge in [-0.2, -0.15) is 0 Å². The average Bonchev–Trinajstić information content (AvgIpc) is 3.05. The van der Waals surface area contributed by atoms with Gasteiger partial charge in [0, 0.05) is 38.3 Å². The van der Waals surface area contributed by atoms with E-state index in [2.05, 4.69) is 11.8 Å². The van der Waals surface area contributed by atoms with Crippen molar-refractivity contribution in [3.8, 4) is 0 Å². The molecule has 0 spiro atoms. The number of non-ortho nitro benzene ring substituents is 1. The number of nitrogens with zero attached hydrogens (tertiary/aromatic N) is 4. The minimum atomic E-state index is -0.479. The topological polar surface area (TPSA) is 87.0 Å². The number of benzene rings is 2. The van der Waals surface area contributed by atoms with Crippen molar-refractivity contribution in [2.24, 2.45) is 0 Å². The molecule has 2 aromatic carbocycles. The van der Waals surface area contributed by atoms with E-state index in [9.17, 15) is 19.7 Å². The first-order valence-electron chi connectivity index (χ1n) is 10.7. The highest BCUT2D eigenvalue weighted by Crippen LogP contribution is 2.37. The fourth-order valence-corrected chi connectivity index (χ4v) is 4.31. The molecular formula is C24H26N4O4. The van der Waals surface area contributed by atoms with Crippen molar-refractivity contribution < 1.29 is 14.5 Å². The lowest BCUT2D eigenvalue weighted by Crippen LogP contribution is -2.47. The van der Waals surface area contributed by atoms with Crippen LogP contribution < -0.4 is 4.90 Å². The summed E-state index contributed by atoms with van der Waals surface area (Å²) in [4.78, 5) is 43.5. The second kappa shape index (κ2) is 8.55. The summed E-state index contributed by atoms with van der Waals surface area (Å²) in [5.41, 5.74) is 3.56. The molecule has 0 aromatic heterocycles. The molecule has 2 aliphatic heterocycles. The zero-order chi connectivity index (χ0) is 23.0. The number of hydrogen-bond donors (Lipinski definition) is 0. The summed E-state index contributed by atoms with van der Waals surface area (Å²) < 4.78 is 0. The van der Waals surface area contributed by atoms with E-state index < -0.39 is 10.8 Å². The van der Waals surface area contributed by atoms with E-state index in [1.807, 2.05) is 30.9 Å². The number of anilines is 1. The van der Waals surface area contributed by atoms with E-state index in [0.717, 1.165) is 30.8 Å². The summed E-state index contributed by atoms with van der Waals surface area (Å²) in [7, 11) is 0. The molecule has 0 saturated carbocycles. The second-order valence-corrected chi connectivity index (χ2v) is 8.11. The Morgan fingerprint density at radius 3 is 2.19 bits per heavy atom. The largest absolute Gasteiger partial charge is 0.364 e. The van der Waals surface area contributed by atoms with Gasteiger partial charge >= 0.3 is 0 Å². The van der Waals surface area contributed by atoms with Gasteiger partial charge in [0.05, 0.1) is 16.2 Å². The average molecular weight is 434 g/mol. The molecule has 1 saturated heterocycles. The van der Waals surface area contributed by atoms with Crippen LogP contribution in [0.4, 0.5) is 11.4 Å². The molecular weight excluding hydrogens is 408 g/mol. The van der Waals surface area contributed by atoms with Crippen LogP contribution in [-0.4, -0.2) is 59.3 Å². The second-order valence-electron chi connectivity index (χ2n) is 8.11. The van der Waals surface area contributed by atoms with E-state index in [0.29, 0.717) is 35.6 Å². The predicted octanol–water partition coefficient (Wildman–Crippen LogP) is 3.13. The van der Waals surface area contributed by atoms with E-state index in [1.54, 1.807) is 18.2 Å². The zero-order valence-corrected chi connectivity index (χ0v) is 18.5. The first-order valence-corrected chi connectivity index (χ1v) is 10.7. The molecule has 0 bridgehead atoms. The minimum absolute atomic E-state index is 0.0596. The molecule has 2 aromatic rings. The fraction of sp³-hybridized carbons (Fsp3) is 0.333. The molecule has 1 fully saturated rings. The van der Waals surface area contributed by atoms with Crippen LogP contribution in [-0.2, 0) is 9.59 Å². The summed E-state index contributed by atoms with van der Waals surface area (Å²) in [6.45, 7) is 9.76. The lowest BCUT2D eigenvalue weighted by Gasteiger charge is -2.36. The predicted molar refractivity (Wildman–Crippen MR) is 122 cm³/mol. The van der Waals surface area contributed by atoms with Crippen molar-refractivity contribution in [2.75, 3.05) is 37.6 Å². The molecule has 2 amide bonds. The van der Waals surface area contributed by atoms with Gasteiger partial charge in [-0.3, -0.25) is 19.7 Å². The summed E-state index contributed by atoms with van der Waals surface area (Å²) in [5, 5.41) is 11.1. The Hall–Kier alpha value is -3.52. The number of rotatable bonds is 5. The maximum Gasteiger partial charge on any atom is 0.282 e. The van der Waals surface area contributed by atoms with Gasteiger partial charge in [0.2, 0.25) is 0 Å². The van der Waals surface area contributed by atoms with Gasteiger partial charge in [-0.1, -0.05) is 19.1 Å². The zero-order valence-electron chi connectivity index (χ0n) is 18.5.